The Balaban J connectivity index is 1.57. The first-order valence-electron chi connectivity index (χ1n) is 11.5. The predicted octanol–water partition coefficient (Wildman–Crippen LogP) is 5.99. The molecule has 0 aliphatic carbocycles. The van der Waals surface area contributed by atoms with Gasteiger partial charge in [0.15, 0.2) is 0 Å². The fourth-order valence-corrected chi connectivity index (χ4v) is 5.37. The van der Waals surface area contributed by atoms with Crippen molar-refractivity contribution in [3.05, 3.63) is 86.8 Å². The highest BCUT2D eigenvalue weighted by atomic mass is 35.5. The van der Waals surface area contributed by atoms with Crippen molar-refractivity contribution in [1.29, 1.82) is 0 Å². The van der Waals surface area contributed by atoms with Crippen molar-refractivity contribution in [2.45, 2.75) is 38.8 Å². The molecule has 4 rings (SSSR count). The summed E-state index contributed by atoms with van der Waals surface area (Å²) >= 11 is 7.95. The van der Waals surface area contributed by atoms with E-state index in [1.54, 1.807) is 57.5 Å². The lowest BCUT2D eigenvalue weighted by molar-refractivity contribution is -0.136. The van der Waals surface area contributed by atoms with E-state index in [0.29, 0.717) is 22.9 Å². The molecular formula is C27H28ClFN2O3S. The van der Waals surface area contributed by atoms with Gasteiger partial charge in [0.05, 0.1) is 16.6 Å². The molecule has 0 saturated heterocycles. The molecule has 184 valence electrons. The van der Waals surface area contributed by atoms with Gasteiger partial charge in [-0.2, -0.15) is 0 Å². The number of carbonyl (C=O) groups excluding carboxylic acids is 2. The third-order valence-corrected chi connectivity index (χ3v) is 7.40. The van der Waals surface area contributed by atoms with Crippen LogP contribution in [0, 0.1) is 5.82 Å². The van der Waals surface area contributed by atoms with Gasteiger partial charge in [0, 0.05) is 23.0 Å². The standard InChI is InChI=1S/C27H28ClFN2O3S/c1-27(2,3)31(26(33)20-9-4-5-10-22(20)28)16-25(32)30-13-11-24-21(12-14-35-24)23(30)17-34-19-8-6-7-18(29)15-19/h4-10,12,14-15,23H,11,13,16-17H2,1-3H3. The van der Waals surface area contributed by atoms with Gasteiger partial charge in [-0.05, 0) is 68.5 Å². The number of halogens is 2. The van der Waals surface area contributed by atoms with E-state index in [4.69, 9.17) is 16.3 Å². The van der Waals surface area contributed by atoms with Crippen LogP contribution in [0.3, 0.4) is 0 Å². The summed E-state index contributed by atoms with van der Waals surface area (Å²) < 4.78 is 19.5. The van der Waals surface area contributed by atoms with Gasteiger partial charge in [-0.25, -0.2) is 4.39 Å². The van der Waals surface area contributed by atoms with Gasteiger partial charge in [0.25, 0.3) is 5.91 Å². The molecule has 1 unspecified atom stereocenters. The zero-order valence-electron chi connectivity index (χ0n) is 20.0. The number of ether oxygens (including phenoxy) is 1. The van der Waals surface area contributed by atoms with E-state index in [9.17, 15) is 14.0 Å². The molecule has 0 radical (unpaired) electrons. The molecule has 0 spiro atoms. The number of hydrogen-bond acceptors (Lipinski definition) is 4. The van der Waals surface area contributed by atoms with E-state index in [2.05, 4.69) is 0 Å². The number of benzene rings is 2. The van der Waals surface area contributed by atoms with Gasteiger partial charge in [-0.1, -0.05) is 29.8 Å². The van der Waals surface area contributed by atoms with E-state index in [1.165, 1.54) is 17.0 Å². The highest BCUT2D eigenvalue weighted by molar-refractivity contribution is 7.10. The van der Waals surface area contributed by atoms with Crippen molar-refractivity contribution in [2.24, 2.45) is 0 Å². The van der Waals surface area contributed by atoms with Crippen LogP contribution < -0.4 is 4.74 Å². The molecule has 2 heterocycles. The summed E-state index contributed by atoms with van der Waals surface area (Å²) in [4.78, 5) is 31.6. The fourth-order valence-electron chi connectivity index (χ4n) is 4.23. The Morgan fingerprint density at radius 1 is 1.17 bits per heavy atom. The number of fused-ring (bicyclic) bond motifs is 1. The zero-order chi connectivity index (χ0) is 25.2. The van der Waals surface area contributed by atoms with E-state index in [-0.39, 0.29) is 36.8 Å². The number of nitrogens with zero attached hydrogens (tertiary/aromatic N) is 2. The lowest BCUT2D eigenvalue weighted by Gasteiger charge is -2.40. The highest BCUT2D eigenvalue weighted by Gasteiger charge is 2.36. The van der Waals surface area contributed by atoms with Crippen molar-refractivity contribution >= 4 is 34.8 Å². The van der Waals surface area contributed by atoms with Crippen molar-refractivity contribution in [3.63, 3.8) is 0 Å². The summed E-state index contributed by atoms with van der Waals surface area (Å²) in [6.07, 6.45) is 0.739. The summed E-state index contributed by atoms with van der Waals surface area (Å²) in [7, 11) is 0. The molecule has 5 nitrogen and oxygen atoms in total. The number of thiophene rings is 1. The molecule has 1 aliphatic rings. The molecule has 0 saturated carbocycles. The monoisotopic (exact) mass is 514 g/mol. The number of amides is 2. The molecule has 1 atom stereocenters. The van der Waals surface area contributed by atoms with Crippen molar-refractivity contribution < 1.29 is 18.7 Å². The van der Waals surface area contributed by atoms with Crippen LogP contribution in [0.25, 0.3) is 0 Å². The molecule has 3 aromatic rings. The molecule has 2 amide bonds. The van der Waals surface area contributed by atoms with E-state index in [0.717, 1.165) is 12.0 Å². The summed E-state index contributed by atoms with van der Waals surface area (Å²) in [6, 6.07) is 14.5. The molecule has 0 fully saturated rings. The maximum absolute atomic E-state index is 13.7. The van der Waals surface area contributed by atoms with E-state index < -0.39 is 5.54 Å². The van der Waals surface area contributed by atoms with Crippen LogP contribution in [-0.4, -0.2) is 46.8 Å². The maximum atomic E-state index is 13.7. The Bertz CT molecular complexity index is 1220. The van der Waals surface area contributed by atoms with Gasteiger partial charge >= 0.3 is 0 Å². The maximum Gasteiger partial charge on any atom is 0.256 e. The predicted molar refractivity (Wildman–Crippen MR) is 137 cm³/mol. The van der Waals surface area contributed by atoms with Crippen LogP contribution in [0.4, 0.5) is 4.39 Å². The molecule has 2 aromatic carbocycles. The van der Waals surface area contributed by atoms with Crippen LogP contribution in [0.2, 0.25) is 5.02 Å². The van der Waals surface area contributed by atoms with Crippen molar-refractivity contribution in [1.82, 2.24) is 9.80 Å². The molecule has 35 heavy (non-hydrogen) atoms. The van der Waals surface area contributed by atoms with Crippen molar-refractivity contribution in [3.8, 4) is 5.75 Å². The first kappa shape index (κ1) is 25.2. The minimum Gasteiger partial charge on any atom is -0.491 e. The van der Waals surface area contributed by atoms with Crippen LogP contribution in [0.15, 0.2) is 60.0 Å². The van der Waals surface area contributed by atoms with Crippen molar-refractivity contribution in [2.75, 3.05) is 19.7 Å². The minimum atomic E-state index is -0.608. The third-order valence-electron chi connectivity index (χ3n) is 6.07. The largest absolute Gasteiger partial charge is 0.491 e. The van der Waals surface area contributed by atoms with Gasteiger partial charge in [0.2, 0.25) is 5.91 Å². The lowest BCUT2D eigenvalue weighted by Crippen LogP contribution is -2.53. The Morgan fingerprint density at radius 2 is 1.94 bits per heavy atom. The summed E-state index contributed by atoms with van der Waals surface area (Å²) in [5.74, 6) is -0.443. The second-order valence-corrected chi connectivity index (χ2v) is 10.9. The molecule has 0 N–H and O–H groups in total. The SMILES string of the molecule is CC(C)(C)N(CC(=O)N1CCc2sccc2C1COc1cccc(F)c1)C(=O)c1ccccc1Cl. The molecule has 0 bridgehead atoms. The second-order valence-electron chi connectivity index (χ2n) is 9.46. The molecule has 8 heteroatoms. The van der Waals surface area contributed by atoms with Crippen LogP contribution in [0.5, 0.6) is 5.75 Å². The minimum absolute atomic E-state index is 0.0938. The number of carbonyl (C=O) groups is 2. The average molecular weight is 515 g/mol. The summed E-state index contributed by atoms with van der Waals surface area (Å²) in [5, 5.41) is 2.36. The van der Waals surface area contributed by atoms with E-state index >= 15 is 0 Å². The van der Waals surface area contributed by atoms with Gasteiger partial charge in [-0.15, -0.1) is 11.3 Å². The lowest BCUT2D eigenvalue weighted by atomic mass is 9.99. The van der Waals surface area contributed by atoms with Gasteiger partial charge < -0.3 is 14.5 Å². The average Bonchev–Trinajstić information content (AvgIpc) is 3.29. The second kappa shape index (κ2) is 10.4. The third kappa shape index (κ3) is 5.68. The number of hydrogen-bond donors (Lipinski definition) is 0. The first-order chi connectivity index (χ1) is 16.6. The van der Waals surface area contributed by atoms with Gasteiger partial charge in [-0.3, -0.25) is 9.59 Å². The first-order valence-corrected chi connectivity index (χ1v) is 12.7. The summed E-state index contributed by atoms with van der Waals surface area (Å²) in [5.41, 5.74) is 0.787. The quantitative estimate of drug-likeness (QED) is 0.406. The van der Waals surface area contributed by atoms with Crippen LogP contribution in [-0.2, 0) is 11.2 Å². The Labute approximate surface area is 214 Å². The Morgan fingerprint density at radius 3 is 2.66 bits per heavy atom. The fraction of sp³-hybridized carbons (Fsp3) is 0.333. The Kier molecular flexibility index (Phi) is 7.47. The van der Waals surface area contributed by atoms with Crippen LogP contribution >= 0.6 is 22.9 Å². The smallest absolute Gasteiger partial charge is 0.256 e. The molecule has 1 aliphatic heterocycles. The topological polar surface area (TPSA) is 49.9 Å². The van der Waals surface area contributed by atoms with E-state index in [1.807, 2.05) is 32.2 Å². The Hall–Kier alpha value is -2.90. The normalized spacial score (nSPS) is 15.5. The number of rotatable bonds is 6. The highest BCUT2D eigenvalue weighted by Crippen LogP contribution is 2.34. The van der Waals surface area contributed by atoms with Gasteiger partial charge in [0.1, 0.15) is 24.7 Å². The summed E-state index contributed by atoms with van der Waals surface area (Å²) in [6.45, 7) is 6.30. The zero-order valence-corrected chi connectivity index (χ0v) is 21.5. The molecular weight excluding hydrogens is 487 g/mol. The molecule has 1 aromatic heterocycles. The van der Waals surface area contributed by atoms with Crippen LogP contribution in [0.1, 0.15) is 47.6 Å².